The standard InChI is InChI=1S/C18H21ClN2O4S/c1-3-25-16-6-4-5-14(11-16)12-20-18(22)13-21(2)26(23,24)17-9-7-15(19)8-10-17/h4-11H,3,12-13H2,1-2H3,(H,20,22). The van der Waals surface area contributed by atoms with E-state index >= 15 is 0 Å². The van der Waals surface area contributed by atoms with Gasteiger partial charge in [-0.25, -0.2) is 8.42 Å². The van der Waals surface area contributed by atoms with Crippen LogP contribution in [0.25, 0.3) is 0 Å². The molecule has 140 valence electrons. The van der Waals surface area contributed by atoms with Gasteiger partial charge in [0.15, 0.2) is 0 Å². The molecule has 0 spiro atoms. The minimum Gasteiger partial charge on any atom is -0.494 e. The molecule has 1 amide bonds. The average molecular weight is 397 g/mol. The average Bonchev–Trinajstić information content (AvgIpc) is 2.61. The number of rotatable bonds is 8. The fourth-order valence-electron chi connectivity index (χ4n) is 2.24. The summed E-state index contributed by atoms with van der Waals surface area (Å²) in [6.07, 6.45) is 0. The summed E-state index contributed by atoms with van der Waals surface area (Å²) in [5, 5.41) is 3.15. The maximum Gasteiger partial charge on any atom is 0.243 e. The molecule has 0 bridgehead atoms. The topological polar surface area (TPSA) is 75.7 Å². The molecule has 0 fully saturated rings. The van der Waals surface area contributed by atoms with Crippen molar-refractivity contribution in [3.05, 3.63) is 59.1 Å². The number of hydrogen-bond donors (Lipinski definition) is 1. The Morgan fingerprint density at radius 3 is 2.54 bits per heavy atom. The molecule has 26 heavy (non-hydrogen) atoms. The van der Waals surface area contributed by atoms with E-state index < -0.39 is 15.9 Å². The van der Waals surface area contributed by atoms with Gasteiger partial charge < -0.3 is 10.1 Å². The molecular formula is C18H21ClN2O4S. The highest BCUT2D eigenvalue weighted by atomic mass is 35.5. The highest BCUT2D eigenvalue weighted by Crippen LogP contribution is 2.17. The Hall–Kier alpha value is -2.09. The van der Waals surface area contributed by atoms with Crippen LogP contribution in [0.5, 0.6) is 5.75 Å². The Morgan fingerprint density at radius 1 is 1.19 bits per heavy atom. The van der Waals surface area contributed by atoms with E-state index in [1.54, 1.807) is 0 Å². The lowest BCUT2D eigenvalue weighted by atomic mass is 10.2. The van der Waals surface area contributed by atoms with Crippen molar-refractivity contribution in [2.24, 2.45) is 0 Å². The molecule has 0 aliphatic rings. The van der Waals surface area contributed by atoms with Gasteiger partial charge in [-0.2, -0.15) is 4.31 Å². The Bertz CT molecular complexity index is 854. The van der Waals surface area contributed by atoms with Gasteiger partial charge in [0.05, 0.1) is 18.0 Å². The van der Waals surface area contributed by atoms with Crippen LogP contribution in [0, 0.1) is 0 Å². The Kier molecular flexibility index (Phi) is 7.02. The van der Waals surface area contributed by atoms with E-state index in [-0.39, 0.29) is 18.0 Å². The molecule has 2 aromatic rings. The molecule has 6 nitrogen and oxygen atoms in total. The number of carbonyl (C=O) groups is 1. The summed E-state index contributed by atoms with van der Waals surface area (Å²) in [5.41, 5.74) is 0.868. The van der Waals surface area contributed by atoms with Crippen molar-refractivity contribution in [3.8, 4) is 5.75 Å². The lowest BCUT2D eigenvalue weighted by Crippen LogP contribution is -2.38. The lowest BCUT2D eigenvalue weighted by molar-refractivity contribution is -0.121. The third kappa shape index (κ3) is 5.45. The van der Waals surface area contributed by atoms with E-state index in [0.717, 1.165) is 15.6 Å². The summed E-state index contributed by atoms with van der Waals surface area (Å²) in [5.74, 6) is 0.327. The minimum absolute atomic E-state index is 0.0848. The Balaban J connectivity index is 1.94. The second-order valence-corrected chi connectivity index (χ2v) is 8.05. The summed E-state index contributed by atoms with van der Waals surface area (Å²) >= 11 is 5.77. The number of nitrogens with zero attached hydrogens (tertiary/aromatic N) is 1. The van der Waals surface area contributed by atoms with Crippen LogP contribution in [-0.2, 0) is 21.4 Å². The van der Waals surface area contributed by atoms with Gasteiger partial charge in [-0.3, -0.25) is 4.79 Å². The summed E-state index contributed by atoms with van der Waals surface area (Å²) in [7, 11) is -2.39. The van der Waals surface area contributed by atoms with Gasteiger partial charge in [0.25, 0.3) is 0 Å². The molecule has 0 saturated carbocycles. The van der Waals surface area contributed by atoms with E-state index in [0.29, 0.717) is 11.6 Å². The highest BCUT2D eigenvalue weighted by Gasteiger charge is 2.22. The van der Waals surface area contributed by atoms with Gasteiger partial charge in [0.2, 0.25) is 15.9 Å². The molecule has 0 radical (unpaired) electrons. The van der Waals surface area contributed by atoms with Crippen molar-refractivity contribution in [3.63, 3.8) is 0 Å². The van der Waals surface area contributed by atoms with Crippen LogP contribution in [0.4, 0.5) is 0 Å². The van der Waals surface area contributed by atoms with E-state index in [1.807, 2.05) is 31.2 Å². The first-order chi connectivity index (χ1) is 12.3. The van der Waals surface area contributed by atoms with Crippen molar-refractivity contribution < 1.29 is 17.9 Å². The van der Waals surface area contributed by atoms with E-state index in [4.69, 9.17) is 16.3 Å². The van der Waals surface area contributed by atoms with E-state index in [9.17, 15) is 13.2 Å². The van der Waals surface area contributed by atoms with Gasteiger partial charge in [0.1, 0.15) is 5.75 Å². The van der Waals surface area contributed by atoms with Crippen molar-refractivity contribution in [1.29, 1.82) is 0 Å². The first kappa shape index (κ1) is 20.2. The normalized spacial score (nSPS) is 11.4. The molecule has 0 heterocycles. The van der Waals surface area contributed by atoms with Crippen molar-refractivity contribution >= 4 is 27.5 Å². The Labute approximate surface area is 158 Å². The van der Waals surface area contributed by atoms with E-state index in [2.05, 4.69) is 5.32 Å². The summed E-state index contributed by atoms with van der Waals surface area (Å²) in [4.78, 5) is 12.2. The van der Waals surface area contributed by atoms with Gasteiger partial charge in [-0.15, -0.1) is 0 Å². The molecule has 1 N–H and O–H groups in total. The second kappa shape index (κ2) is 9.02. The van der Waals surface area contributed by atoms with Crippen LogP contribution < -0.4 is 10.1 Å². The summed E-state index contributed by atoms with van der Waals surface area (Å²) < 4.78 is 31.3. The predicted octanol–water partition coefficient (Wildman–Crippen LogP) is 2.68. The van der Waals surface area contributed by atoms with Crippen LogP contribution in [0.15, 0.2) is 53.4 Å². The van der Waals surface area contributed by atoms with Crippen LogP contribution in [0.2, 0.25) is 5.02 Å². The fraction of sp³-hybridized carbons (Fsp3) is 0.278. The summed E-state index contributed by atoms with van der Waals surface area (Å²) in [6.45, 7) is 2.46. The maximum atomic E-state index is 12.5. The molecule has 0 aliphatic carbocycles. The maximum absolute atomic E-state index is 12.5. The third-order valence-corrected chi connectivity index (χ3v) is 5.66. The molecule has 8 heteroatoms. The predicted molar refractivity (Wildman–Crippen MR) is 101 cm³/mol. The monoisotopic (exact) mass is 396 g/mol. The van der Waals surface area contributed by atoms with Crippen molar-refractivity contribution in [1.82, 2.24) is 9.62 Å². The number of nitrogens with one attached hydrogen (secondary N) is 1. The number of halogens is 1. The zero-order valence-electron chi connectivity index (χ0n) is 14.6. The van der Waals surface area contributed by atoms with Crippen LogP contribution >= 0.6 is 11.6 Å². The molecular weight excluding hydrogens is 376 g/mol. The minimum atomic E-state index is -3.75. The second-order valence-electron chi connectivity index (χ2n) is 5.57. The molecule has 0 aliphatic heterocycles. The third-order valence-electron chi connectivity index (χ3n) is 3.59. The highest BCUT2D eigenvalue weighted by molar-refractivity contribution is 7.89. The molecule has 2 aromatic carbocycles. The molecule has 0 unspecified atom stereocenters. The smallest absolute Gasteiger partial charge is 0.243 e. The summed E-state index contributed by atoms with van der Waals surface area (Å²) in [6, 6.07) is 13.2. The first-order valence-electron chi connectivity index (χ1n) is 8.03. The number of hydrogen-bond acceptors (Lipinski definition) is 4. The lowest BCUT2D eigenvalue weighted by Gasteiger charge is -2.17. The van der Waals surface area contributed by atoms with Crippen molar-refractivity contribution in [2.45, 2.75) is 18.4 Å². The SMILES string of the molecule is CCOc1cccc(CNC(=O)CN(C)S(=O)(=O)c2ccc(Cl)cc2)c1. The van der Waals surface area contributed by atoms with Gasteiger partial charge >= 0.3 is 0 Å². The number of benzene rings is 2. The number of ether oxygens (including phenoxy) is 1. The molecule has 0 aromatic heterocycles. The van der Waals surface area contributed by atoms with Crippen LogP contribution in [-0.4, -0.2) is 38.8 Å². The zero-order valence-corrected chi connectivity index (χ0v) is 16.2. The number of likely N-dealkylation sites (N-methyl/N-ethyl adjacent to an activating group) is 1. The van der Waals surface area contributed by atoms with Crippen molar-refractivity contribution in [2.75, 3.05) is 20.2 Å². The first-order valence-corrected chi connectivity index (χ1v) is 9.85. The molecule has 2 rings (SSSR count). The van der Waals surface area contributed by atoms with Crippen LogP contribution in [0.3, 0.4) is 0 Å². The number of carbonyl (C=O) groups excluding carboxylic acids is 1. The largest absolute Gasteiger partial charge is 0.494 e. The van der Waals surface area contributed by atoms with Gasteiger partial charge in [0, 0.05) is 18.6 Å². The number of amides is 1. The van der Waals surface area contributed by atoms with E-state index in [1.165, 1.54) is 31.3 Å². The zero-order chi connectivity index (χ0) is 19.2. The molecule has 0 saturated heterocycles. The number of sulfonamides is 1. The quantitative estimate of drug-likeness (QED) is 0.744. The van der Waals surface area contributed by atoms with Gasteiger partial charge in [-0.1, -0.05) is 23.7 Å². The molecule has 0 atom stereocenters. The van der Waals surface area contributed by atoms with Crippen LogP contribution in [0.1, 0.15) is 12.5 Å². The fourth-order valence-corrected chi connectivity index (χ4v) is 3.50. The van der Waals surface area contributed by atoms with Gasteiger partial charge in [-0.05, 0) is 48.9 Å². The Morgan fingerprint density at radius 2 is 1.88 bits per heavy atom.